The molecular weight excluding hydrogens is 582 g/mol. The zero-order valence-corrected chi connectivity index (χ0v) is 25.2. The van der Waals surface area contributed by atoms with E-state index in [2.05, 4.69) is 5.32 Å². The fraction of sp³-hybridized carbons (Fsp3) is 0.345. The molecule has 1 fully saturated rings. The summed E-state index contributed by atoms with van der Waals surface area (Å²) in [5.74, 6) is 0.646. The number of amides is 1. The van der Waals surface area contributed by atoms with Gasteiger partial charge in [0, 0.05) is 18.7 Å². The predicted molar refractivity (Wildman–Crippen MR) is 159 cm³/mol. The third-order valence-electron chi connectivity index (χ3n) is 6.46. The van der Waals surface area contributed by atoms with Gasteiger partial charge in [0.15, 0.2) is 0 Å². The van der Waals surface area contributed by atoms with Gasteiger partial charge in [0.25, 0.3) is 5.91 Å². The summed E-state index contributed by atoms with van der Waals surface area (Å²) in [6.07, 6.45) is 1.14. The maximum absolute atomic E-state index is 12.7. The SMILES string of the molecule is CCOc1ccccc1N(Cc1ccc(C(=O)NCCOc2ccc(S(=O)(=O)N3CCOCC3)cc2)cc1)S(C)(=O)=O. The van der Waals surface area contributed by atoms with E-state index < -0.39 is 20.0 Å². The fourth-order valence-corrected chi connectivity index (χ4v) is 6.63. The highest BCUT2D eigenvalue weighted by atomic mass is 32.2. The molecule has 1 amide bonds. The number of morpholine rings is 1. The van der Waals surface area contributed by atoms with Gasteiger partial charge < -0.3 is 19.5 Å². The van der Waals surface area contributed by atoms with Crippen LogP contribution >= 0.6 is 0 Å². The number of nitrogens with one attached hydrogen (secondary N) is 1. The van der Waals surface area contributed by atoms with E-state index in [0.29, 0.717) is 61.2 Å². The standard InChI is InChI=1S/C29H35N3O8S2/c1-3-39-28-7-5-4-6-27(28)32(41(2,34)35)22-23-8-10-24(11-9-23)29(33)30-16-19-40-25-12-14-26(15-13-25)42(36,37)31-17-20-38-21-18-31/h4-15H,3,16-22H2,1-2H3,(H,30,33). The molecule has 0 aromatic heterocycles. The van der Waals surface area contributed by atoms with Gasteiger partial charge in [-0.15, -0.1) is 0 Å². The molecule has 1 aliphatic rings. The highest BCUT2D eigenvalue weighted by molar-refractivity contribution is 7.92. The topological polar surface area (TPSA) is 132 Å². The van der Waals surface area contributed by atoms with Gasteiger partial charge in [-0.1, -0.05) is 24.3 Å². The summed E-state index contributed by atoms with van der Waals surface area (Å²) in [6, 6.07) is 19.8. The van der Waals surface area contributed by atoms with E-state index >= 15 is 0 Å². The van der Waals surface area contributed by atoms with Crippen molar-refractivity contribution in [2.24, 2.45) is 0 Å². The number of sulfonamides is 2. The molecule has 4 rings (SSSR count). The Labute approximate surface area is 247 Å². The number of hydrogen-bond donors (Lipinski definition) is 1. The molecule has 0 radical (unpaired) electrons. The van der Waals surface area contributed by atoms with Crippen LogP contribution in [0.25, 0.3) is 0 Å². The predicted octanol–water partition coefficient (Wildman–Crippen LogP) is 2.88. The number of carbonyl (C=O) groups is 1. The molecular formula is C29H35N3O8S2. The van der Waals surface area contributed by atoms with Gasteiger partial charge >= 0.3 is 0 Å². The molecule has 3 aromatic carbocycles. The molecule has 0 aliphatic carbocycles. The lowest BCUT2D eigenvalue weighted by molar-refractivity contribution is 0.0730. The summed E-state index contributed by atoms with van der Waals surface area (Å²) < 4.78 is 69.9. The number of anilines is 1. The molecule has 0 atom stereocenters. The quantitative estimate of drug-likeness (QED) is 0.290. The normalized spacial score (nSPS) is 14.2. The van der Waals surface area contributed by atoms with E-state index in [1.54, 1.807) is 60.7 Å². The molecule has 1 saturated heterocycles. The van der Waals surface area contributed by atoms with Crippen LogP contribution in [0.2, 0.25) is 0 Å². The number of nitrogens with zero attached hydrogens (tertiary/aromatic N) is 2. The first kappa shape index (κ1) is 31.3. The van der Waals surface area contributed by atoms with Gasteiger partial charge in [0.05, 0.1) is 49.7 Å². The largest absolute Gasteiger partial charge is 0.492 e. The minimum absolute atomic E-state index is 0.0746. The highest BCUT2D eigenvalue weighted by Gasteiger charge is 2.26. The zero-order valence-electron chi connectivity index (χ0n) is 23.6. The van der Waals surface area contributed by atoms with E-state index in [9.17, 15) is 21.6 Å². The van der Waals surface area contributed by atoms with Crippen LogP contribution in [0.4, 0.5) is 5.69 Å². The van der Waals surface area contributed by atoms with Gasteiger partial charge in [0.1, 0.15) is 18.1 Å². The van der Waals surface area contributed by atoms with Crippen LogP contribution in [-0.2, 0) is 31.3 Å². The number of hydrogen-bond acceptors (Lipinski definition) is 8. The lowest BCUT2D eigenvalue weighted by Crippen LogP contribution is -2.40. The molecule has 1 aliphatic heterocycles. The minimum atomic E-state index is -3.61. The maximum Gasteiger partial charge on any atom is 0.251 e. The first-order chi connectivity index (χ1) is 20.1. The van der Waals surface area contributed by atoms with Crippen molar-refractivity contribution < 1.29 is 35.8 Å². The third-order valence-corrected chi connectivity index (χ3v) is 9.50. The number of ether oxygens (including phenoxy) is 3. The van der Waals surface area contributed by atoms with Gasteiger partial charge in [-0.2, -0.15) is 4.31 Å². The summed E-state index contributed by atoms with van der Waals surface area (Å²) >= 11 is 0. The van der Waals surface area contributed by atoms with Gasteiger partial charge in [-0.05, 0) is 61.0 Å². The molecule has 13 heteroatoms. The Morgan fingerprint density at radius 1 is 0.929 bits per heavy atom. The van der Waals surface area contributed by atoms with Crippen LogP contribution < -0.4 is 19.1 Å². The summed E-state index contributed by atoms with van der Waals surface area (Å²) in [5, 5.41) is 2.78. The third kappa shape index (κ3) is 8.00. The summed E-state index contributed by atoms with van der Waals surface area (Å²) in [4.78, 5) is 12.8. The molecule has 1 heterocycles. The monoisotopic (exact) mass is 617 g/mol. The molecule has 42 heavy (non-hydrogen) atoms. The number of rotatable bonds is 13. The minimum Gasteiger partial charge on any atom is -0.492 e. The number of benzene rings is 3. The average molecular weight is 618 g/mol. The van der Waals surface area contributed by atoms with Crippen molar-refractivity contribution in [1.29, 1.82) is 0 Å². The first-order valence-corrected chi connectivity index (χ1v) is 16.8. The molecule has 1 N–H and O–H groups in total. The van der Waals surface area contributed by atoms with Crippen LogP contribution in [0.3, 0.4) is 0 Å². The molecule has 0 bridgehead atoms. The Bertz CT molecular complexity index is 1560. The number of para-hydroxylation sites is 2. The molecule has 0 spiro atoms. The van der Waals surface area contributed by atoms with E-state index in [4.69, 9.17) is 14.2 Å². The van der Waals surface area contributed by atoms with Crippen molar-refractivity contribution in [1.82, 2.24) is 9.62 Å². The van der Waals surface area contributed by atoms with Gasteiger partial charge in [-0.3, -0.25) is 9.10 Å². The van der Waals surface area contributed by atoms with Crippen LogP contribution in [0.5, 0.6) is 11.5 Å². The van der Waals surface area contributed by atoms with Crippen molar-refractivity contribution in [3.05, 3.63) is 83.9 Å². The van der Waals surface area contributed by atoms with Crippen molar-refractivity contribution in [3.8, 4) is 11.5 Å². The Morgan fingerprint density at radius 2 is 1.60 bits per heavy atom. The average Bonchev–Trinajstić information content (AvgIpc) is 2.99. The summed E-state index contributed by atoms with van der Waals surface area (Å²) in [5.41, 5.74) is 1.56. The lowest BCUT2D eigenvalue weighted by atomic mass is 10.1. The second-order valence-corrected chi connectivity index (χ2v) is 13.3. The Morgan fingerprint density at radius 3 is 2.24 bits per heavy atom. The molecule has 226 valence electrons. The maximum atomic E-state index is 12.7. The Balaban J connectivity index is 1.29. The molecule has 3 aromatic rings. The second-order valence-electron chi connectivity index (χ2n) is 9.46. The van der Waals surface area contributed by atoms with E-state index in [1.165, 1.54) is 20.7 Å². The van der Waals surface area contributed by atoms with Crippen molar-refractivity contribution in [3.63, 3.8) is 0 Å². The summed E-state index contributed by atoms with van der Waals surface area (Å²) in [7, 11) is -7.19. The summed E-state index contributed by atoms with van der Waals surface area (Å²) in [6.45, 7) is 4.12. The van der Waals surface area contributed by atoms with Crippen molar-refractivity contribution >= 4 is 31.6 Å². The van der Waals surface area contributed by atoms with Crippen LogP contribution in [0.15, 0.2) is 77.7 Å². The van der Waals surface area contributed by atoms with E-state index in [0.717, 1.165) is 6.26 Å². The highest BCUT2D eigenvalue weighted by Crippen LogP contribution is 2.31. The molecule has 0 saturated carbocycles. The number of carbonyl (C=O) groups excluding carboxylic acids is 1. The fourth-order valence-electron chi connectivity index (χ4n) is 4.33. The van der Waals surface area contributed by atoms with Crippen LogP contribution in [-0.4, -0.2) is 79.4 Å². The van der Waals surface area contributed by atoms with Crippen molar-refractivity contribution in [2.45, 2.75) is 18.4 Å². The van der Waals surface area contributed by atoms with Crippen LogP contribution in [0.1, 0.15) is 22.8 Å². The molecule has 0 unspecified atom stereocenters. The zero-order chi connectivity index (χ0) is 30.2. The van der Waals surface area contributed by atoms with Crippen LogP contribution in [0, 0.1) is 0 Å². The Hall–Kier alpha value is -3.65. The lowest BCUT2D eigenvalue weighted by Gasteiger charge is -2.26. The van der Waals surface area contributed by atoms with E-state index in [1.807, 2.05) is 6.92 Å². The Kier molecular flexibility index (Phi) is 10.4. The smallest absolute Gasteiger partial charge is 0.251 e. The van der Waals surface area contributed by atoms with Crippen molar-refractivity contribution in [2.75, 3.05) is 56.6 Å². The van der Waals surface area contributed by atoms with Gasteiger partial charge in [-0.25, -0.2) is 16.8 Å². The van der Waals surface area contributed by atoms with Gasteiger partial charge in [0.2, 0.25) is 20.0 Å². The first-order valence-electron chi connectivity index (χ1n) is 13.5. The second kappa shape index (κ2) is 14.0. The molecule has 11 nitrogen and oxygen atoms in total. The van der Waals surface area contributed by atoms with E-state index in [-0.39, 0.29) is 30.5 Å².